The van der Waals surface area contributed by atoms with Gasteiger partial charge < -0.3 is 4.74 Å². The zero-order valence-electron chi connectivity index (χ0n) is 15.1. The first kappa shape index (κ1) is 18.4. The van der Waals surface area contributed by atoms with E-state index >= 15 is 0 Å². The maximum atomic E-state index is 12.2. The van der Waals surface area contributed by atoms with Gasteiger partial charge in [-0.15, -0.1) is 5.10 Å². The van der Waals surface area contributed by atoms with Crippen molar-refractivity contribution in [3.8, 4) is 5.75 Å². The maximum absolute atomic E-state index is 12.2. The Bertz CT molecular complexity index is 1100. The number of hydrogen-bond donors (Lipinski definition) is 1. The van der Waals surface area contributed by atoms with Gasteiger partial charge in [0.05, 0.1) is 11.5 Å². The summed E-state index contributed by atoms with van der Waals surface area (Å²) in [6, 6.07) is 13.4. The lowest BCUT2D eigenvalue weighted by Crippen LogP contribution is -2.18. The lowest BCUT2D eigenvalue weighted by atomic mass is 10.1. The van der Waals surface area contributed by atoms with Crippen molar-refractivity contribution in [2.75, 3.05) is 16.8 Å². The predicted octanol–water partition coefficient (Wildman–Crippen LogP) is 2.07. The molecule has 1 aliphatic rings. The summed E-state index contributed by atoms with van der Waals surface area (Å²) in [6.07, 6.45) is 2.39. The fourth-order valence-electron chi connectivity index (χ4n) is 3.22. The molecule has 8 nitrogen and oxygen atoms in total. The van der Waals surface area contributed by atoms with Gasteiger partial charge in [-0.3, -0.25) is 10.1 Å². The fraction of sp³-hybridized carbons (Fsp3) is 0.316. The highest BCUT2D eigenvalue weighted by Gasteiger charge is 2.29. The topological polar surface area (TPSA) is 103 Å². The van der Waals surface area contributed by atoms with Crippen LogP contribution in [0.3, 0.4) is 0 Å². The summed E-state index contributed by atoms with van der Waals surface area (Å²) in [5, 5.41) is 6.86. The van der Waals surface area contributed by atoms with Crippen LogP contribution in [0, 0.1) is 5.92 Å². The van der Waals surface area contributed by atoms with Crippen LogP contribution in [0.25, 0.3) is 5.65 Å². The van der Waals surface area contributed by atoms with Crippen LogP contribution in [0.5, 0.6) is 5.75 Å². The number of pyridine rings is 1. The molecule has 146 valence electrons. The molecular formula is C19H20N4O4S. The van der Waals surface area contributed by atoms with E-state index in [0.717, 1.165) is 5.56 Å². The molecule has 1 N–H and O–H groups in total. The molecule has 1 atom stereocenters. The molecule has 28 heavy (non-hydrogen) atoms. The van der Waals surface area contributed by atoms with E-state index in [1.54, 1.807) is 22.8 Å². The van der Waals surface area contributed by atoms with E-state index in [1.807, 2.05) is 30.3 Å². The number of aromatic nitrogens is 3. The van der Waals surface area contributed by atoms with Crippen molar-refractivity contribution in [1.82, 2.24) is 14.6 Å². The summed E-state index contributed by atoms with van der Waals surface area (Å²) in [6.45, 7) is 0.443. The smallest absolute Gasteiger partial charge is 0.249 e. The van der Waals surface area contributed by atoms with Crippen molar-refractivity contribution in [3.05, 3.63) is 54.2 Å². The number of fused-ring (bicyclic) bond motifs is 1. The molecule has 0 bridgehead atoms. The number of carbonyl (C=O) groups excluding carboxylic acids is 1. The quantitative estimate of drug-likeness (QED) is 0.680. The van der Waals surface area contributed by atoms with Crippen LogP contribution in [0.4, 0.5) is 5.95 Å². The zero-order chi connectivity index (χ0) is 19.6. The van der Waals surface area contributed by atoms with Crippen molar-refractivity contribution in [3.63, 3.8) is 0 Å². The van der Waals surface area contributed by atoms with Crippen LogP contribution in [0.2, 0.25) is 0 Å². The van der Waals surface area contributed by atoms with Crippen LogP contribution in [-0.2, 0) is 21.2 Å². The van der Waals surface area contributed by atoms with E-state index in [4.69, 9.17) is 4.74 Å². The maximum Gasteiger partial charge on any atom is 0.249 e. The molecule has 9 heteroatoms. The van der Waals surface area contributed by atoms with Crippen LogP contribution in [-0.4, -0.2) is 40.4 Å². The molecule has 3 heterocycles. The number of nitrogens with zero attached hydrogens (tertiary/aromatic N) is 3. The molecule has 3 aromatic rings. The van der Waals surface area contributed by atoms with Crippen LogP contribution in [0.1, 0.15) is 18.4 Å². The lowest BCUT2D eigenvalue weighted by Gasteiger charge is -2.05. The zero-order valence-corrected chi connectivity index (χ0v) is 15.9. The van der Waals surface area contributed by atoms with Gasteiger partial charge in [0.1, 0.15) is 12.4 Å². The first-order valence-electron chi connectivity index (χ1n) is 9.00. The minimum absolute atomic E-state index is 0.0706. The molecule has 1 fully saturated rings. The highest BCUT2D eigenvalue weighted by atomic mass is 32.2. The number of hydrogen-bond acceptors (Lipinski definition) is 6. The van der Waals surface area contributed by atoms with Gasteiger partial charge in [0, 0.05) is 18.7 Å². The molecule has 1 saturated heterocycles. The van der Waals surface area contributed by atoms with Crippen LogP contribution >= 0.6 is 0 Å². The van der Waals surface area contributed by atoms with Crippen molar-refractivity contribution in [2.24, 2.45) is 5.92 Å². The highest BCUT2D eigenvalue weighted by Crippen LogP contribution is 2.22. The third kappa shape index (κ3) is 4.48. The average Bonchev–Trinajstić information content (AvgIpc) is 3.21. The molecule has 2 aromatic heterocycles. The largest absolute Gasteiger partial charge is 0.489 e. The van der Waals surface area contributed by atoms with Gasteiger partial charge in [-0.2, -0.15) is 4.98 Å². The molecule has 1 aliphatic heterocycles. The Morgan fingerprint density at radius 1 is 1.25 bits per heavy atom. The molecule has 4 rings (SSSR count). The van der Waals surface area contributed by atoms with E-state index in [1.165, 1.54) is 0 Å². The Morgan fingerprint density at radius 3 is 2.82 bits per heavy atom. The second-order valence-corrected chi connectivity index (χ2v) is 9.12. The summed E-state index contributed by atoms with van der Waals surface area (Å²) in [5.41, 5.74) is 1.61. The number of amides is 1. The number of carbonyl (C=O) groups is 1. The van der Waals surface area contributed by atoms with E-state index in [0.29, 0.717) is 24.4 Å². The number of rotatable bonds is 6. The van der Waals surface area contributed by atoms with Gasteiger partial charge in [-0.1, -0.05) is 30.3 Å². The molecule has 0 saturated carbocycles. The Hall–Kier alpha value is -2.94. The molecular weight excluding hydrogens is 380 g/mol. The molecule has 0 spiro atoms. The minimum atomic E-state index is -2.99. The van der Waals surface area contributed by atoms with Crippen molar-refractivity contribution in [2.45, 2.75) is 19.4 Å². The fourth-order valence-corrected chi connectivity index (χ4v) is 5.08. The second kappa shape index (κ2) is 7.59. The van der Waals surface area contributed by atoms with Crippen molar-refractivity contribution < 1.29 is 17.9 Å². The van der Waals surface area contributed by atoms with Crippen LogP contribution in [0.15, 0.2) is 48.7 Å². The second-order valence-electron chi connectivity index (χ2n) is 6.90. The average molecular weight is 400 g/mol. The standard InChI is InChI=1S/C19H20N4O4S/c24-18(10-15-7-9-28(25,26)13-15)21-19-20-17-11-16(6-8-23(17)22-19)27-12-14-4-2-1-3-5-14/h1-6,8,11,15H,7,9-10,12-13H2,(H,21,22,24). The Morgan fingerprint density at radius 2 is 2.07 bits per heavy atom. The highest BCUT2D eigenvalue weighted by molar-refractivity contribution is 7.91. The first-order chi connectivity index (χ1) is 13.5. The van der Waals surface area contributed by atoms with Gasteiger partial charge in [-0.25, -0.2) is 12.9 Å². The van der Waals surface area contributed by atoms with E-state index in [9.17, 15) is 13.2 Å². The predicted molar refractivity (Wildman–Crippen MR) is 104 cm³/mol. The van der Waals surface area contributed by atoms with E-state index < -0.39 is 9.84 Å². The van der Waals surface area contributed by atoms with E-state index in [-0.39, 0.29) is 35.7 Å². The Kier molecular flexibility index (Phi) is 4.99. The normalized spacial score (nSPS) is 18.2. The lowest BCUT2D eigenvalue weighted by molar-refractivity contribution is -0.116. The molecule has 1 aromatic carbocycles. The molecule has 1 unspecified atom stereocenters. The Labute approximate surface area is 162 Å². The van der Waals surface area contributed by atoms with Crippen molar-refractivity contribution in [1.29, 1.82) is 0 Å². The molecule has 0 radical (unpaired) electrons. The third-order valence-electron chi connectivity index (χ3n) is 4.61. The number of benzene rings is 1. The summed E-state index contributed by atoms with van der Waals surface area (Å²) in [5.74, 6) is 0.646. The summed E-state index contributed by atoms with van der Waals surface area (Å²) in [4.78, 5) is 16.5. The van der Waals surface area contributed by atoms with Gasteiger partial charge in [0.25, 0.3) is 0 Å². The number of sulfone groups is 1. The minimum Gasteiger partial charge on any atom is -0.489 e. The van der Waals surface area contributed by atoms with Gasteiger partial charge in [0.2, 0.25) is 11.9 Å². The van der Waals surface area contributed by atoms with Gasteiger partial charge in [0.15, 0.2) is 15.5 Å². The van der Waals surface area contributed by atoms with Crippen molar-refractivity contribution >= 4 is 27.3 Å². The van der Waals surface area contributed by atoms with E-state index in [2.05, 4.69) is 15.4 Å². The first-order valence-corrected chi connectivity index (χ1v) is 10.8. The number of nitrogens with one attached hydrogen (secondary N) is 1. The summed E-state index contributed by atoms with van der Waals surface area (Å²) in [7, 11) is -2.99. The summed E-state index contributed by atoms with van der Waals surface area (Å²) < 4.78 is 30.3. The summed E-state index contributed by atoms with van der Waals surface area (Å²) >= 11 is 0. The SMILES string of the molecule is O=C(CC1CCS(=O)(=O)C1)Nc1nc2cc(OCc3ccccc3)ccn2n1. The van der Waals surface area contributed by atoms with Crippen LogP contribution < -0.4 is 10.1 Å². The van der Waals surface area contributed by atoms with Gasteiger partial charge >= 0.3 is 0 Å². The molecule has 1 amide bonds. The number of anilines is 1. The molecule has 0 aliphatic carbocycles. The monoisotopic (exact) mass is 400 g/mol. The number of ether oxygens (including phenoxy) is 1. The van der Waals surface area contributed by atoms with Gasteiger partial charge in [-0.05, 0) is 24.0 Å². The third-order valence-corrected chi connectivity index (χ3v) is 6.45. The Balaban J connectivity index is 1.38.